The molecule has 0 spiro atoms. The zero-order valence-electron chi connectivity index (χ0n) is 12.9. The normalized spacial score (nSPS) is 14.2. The molecule has 1 aliphatic carbocycles. The molecule has 7 nitrogen and oxygen atoms in total. The zero-order valence-corrected chi connectivity index (χ0v) is 12.9. The van der Waals surface area contributed by atoms with Gasteiger partial charge >= 0.3 is 6.18 Å². The second kappa shape index (κ2) is 6.54. The lowest BCUT2D eigenvalue weighted by molar-refractivity contribution is -0.137. The highest BCUT2D eigenvalue weighted by Gasteiger charge is 2.31. The lowest BCUT2D eigenvalue weighted by Crippen LogP contribution is -2.19. The third-order valence-corrected chi connectivity index (χ3v) is 3.52. The monoisotopic (exact) mass is 353 g/mol. The number of hydrogen-bond donors (Lipinski definition) is 2. The summed E-state index contributed by atoms with van der Waals surface area (Å²) >= 11 is 0. The Labute approximate surface area is 140 Å². The predicted octanol–water partition coefficient (Wildman–Crippen LogP) is 2.28. The number of anilines is 2. The Morgan fingerprint density at radius 3 is 2.68 bits per heavy atom. The Morgan fingerprint density at radius 1 is 1.24 bits per heavy atom. The van der Waals surface area contributed by atoms with Gasteiger partial charge in [0, 0.05) is 11.6 Å². The Balaban J connectivity index is 1.57. The summed E-state index contributed by atoms with van der Waals surface area (Å²) in [6, 6.07) is 4.33. The van der Waals surface area contributed by atoms with Gasteiger partial charge in [0.25, 0.3) is 0 Å². The van der Waals surface area contributed by atoms with Gasteiger partial charge in [0.2, 0.25) is 11.8 Å². The van der Waals surface area contributed by atoms with Crippen LogP contribution in [-0.4, -0.2) is 26.8 Å². The van der Waals surface area contributed by atoms with Gasteiger partial charge in [-0.15, -0.1) is 5.10 Å². The van der Waals surface area contributed by atoms with Crippen LogP contribution in [0.4, 0.5) is 24.7 Å². The molecule has 1 aromatic carbocycles. The number of aromatic nitrogens is 3. The summed E-state index contributed by atoms with van der Waals surface area (Å²) in [4.78, 5) is 23.5. The number of benzene rings is 1. The molecule has 1 saturated carbocycles. The van der Waals surface area contributed by atoms with Crippen molar-refractivity contribution in [3.8, 4) is 0 Å². The van der Waals surface area contributed by atoms with E-state index in [1.807, 2.05) is 0 Å². The first-order chi connectivity index (χ1) is 11.8. The fraction of sp³-hybridized carbons (Fsp3) is 0.333. The first-order valence-corrected chi connectivity index (χ1v) is 7.49. The molecule has 1 fully saturated rings. The summed E-state index contributed by atoms with van der Waals surface area (Å²) in [5, 5.41) is 12.4. The van der Waals surface area contributed by atoms with Crippen LogP contribution in [0.25, 0.3) is 0 Å². The molecule has 0 aliphatic heterocycles. The van der Waals surface area contributed by atoms with Crippen molar-refractivity contribution in [2.24, 2.45) is 5.92 Å². The minimum absolute atomic E-state index is 0.00866. The van der Waals surface area contributed by atoms with E-state index in [0.717, 1.165) is 25.0 Å². The molecule has 0 radical (unpaired) electrons. The van der Waals surface area contributed by atoms with Gasteiger partial charge in [-0.2, -0.15) is 13.2 Å². The Morgan fingerprint density at radius 2 is 2.00 bits per heavy atom. The van der Waals surface area contributed by atoms with Crippen molar-refractivity contribution in [3.63, 3.8) is 0 Å². The van der Waals surface area contributed by atoms with E-state index < -0.39 is 17.6 Å². The molecule has 0 atom stereocenters. The minimum Gasteiger partial charge on any atom is -0.324 e. The van der Waals surface area contributed by atoms with Crippen molar-refractivity contribution >= 4 is 23.3 Å². The Kier molecular flexibility index (Phi) is 4.43. The molecule has 1 aliphatic rings. The maximum atomic E-state index is 12.7. The Bertz CT molecular complexity index is 798. The van der Waals surface area contributed by atoms with E-state index in [4.69, 9.17) is 0 Å². The van der Waals surface area contributed by atoms with Crippen LogP contribution in [0.1, 0.15) is 18.4 Å². The SMILES string of the molecule is O=C(Cn1cc(NC(=O)C2CC2)nn1)Nc1cccc(C(F)(F)F)c1. The lowest BCUT2D eigenvalue weighted by Gasteiger charge is -2.09. The van der Waals surface area contributed by atoms with Crippen LogP contribution in [0.2, 0.25) is 0 Å². The van der Waals surface area contributed by atoms with Gasteiger partial charge in [0.05, 0.1) is 11.8 Å². The van der Waals surface area contributed by atoms with Gasteiger partial charge in [-0.3, -0.25) is 9.59 Å². The maximum Gasteiger partial charge on any atom is 0.416 e. The van der Waals surface area contributed by atoms with Crippen molar-refractivity contribution in [2.75, 3.05) is 10.6 Å². The highest BCUT2D eigenvalue weighted by atomic mass is 19.4. The van der Waals surface area contributed by atoms with Gasteiger partial charge in [-0.25, -0.2) is 4.68 Å². The lowest BCUT2D eigenvalue weighted by atomic mass is 10.2. The number of carbonyl (C=O) groups is 2. The number of alkyl halides is 3. The van der Waals surface area contributed by atoms with Crippen LogP contribution in [-0.2, 0) is 22.3 Å². The van der Waals surface area contributed by atoms with Gasteiger partial charge in [0.1, 0.15) is 6.54 Å². The highest BCUT2D eigenvalue weighted by Crippen LogP contribution is 2.31. The largest absolute Gasteiger partial charge is 0.416 e. The van der Waals surface area contributed by atoms with E-state index in [0.29, 0.717) is 0 Å². The van der Waals surface area contributed by atoms with Crippen LogP contribution < -0.4 is 10.6 Å². The van der Waals surface area contributed by atoms with Crippen LogP contribution in [0, 0.1) is 5.92 Å². The van der Waals surface area contributed by atoms with Crippen LogP contribution in [0.15, 0.2) is 30.5 Å². The molecule has 10 heteroatoms. The zero-order chi connectivity index (χ0) is 18.0. The highest BCUT2D eigenvalue weighted by molar-refractivity contribution is 5.93. The molecule has 0 unspecified atom stereocenters. The Hall–Kier alpha value is -2.91. The molecule has 132 valence electrons. The van der Waals surface area contributed by atoms with E-state index in [9.17, 15) is 22.8 Å². The first kappa shape index (κ1) is 16.9. The van der Waals surface area contributed by atoms with E-state index in [1.54, 1.807) is 0 Å². The van der Waals surface area contributed by atoms with Crippen LogP contribution in [0.3, 0.4) is 0 Å². The standard InChI is InChI=1S/C15H14F3N5O2/c16-15(17,18)10-2-1-3-11(6-10)19-13(24)8-23-7-12(21-22-23)20-14(25)9-4-5-9/h1-3,6-7,9H,4-5,8H2,(H,19,24)(H,20,25). The average molecular weight is 353 g/mol. The smallest absolute Gasteiger partial charge is 0.324 e. The predicted molar refractivity (Wildman–Crippen MR) is 81.4 cm³/mol. The molecule has 3 rings (SSSR count). The third kappa shape index (κ3) is 4.55. The van der Waals surface area contributed by atoms with Crippen molar-refractivity contribution in [1.82, 2.24) is 15.0 Å². The summed E-state index contributed by atoms with van der Waals surface area (Å²) in [5.41, 5.74) is -0.821. The molecule has 2 amide bonds. The van der Waals surface area contributed by atoms with Crippen LogP contribution in [0.5, 0.6) is 0 Å². The summed E-state index contributed by atoms with van der Waals surface area (Å²) in [6.07, 6.45) is -1.41. The molecule has 25 heavy (non-hydrogen) atoms. The maximum absolute atomic E-state index is 12.7. The first-order valence-electron chi connectivity index (χ1n) is 7.49. The fourth-order valence-corrected chi connectivity index (χ4v) is 2.13. The molecule has 0 saturated heterocycles. The molecule has 1 heterocycles. The second-order valence-corrected chi connectivity index (χ2v) is 5.69. The third-order valence-electron chi connectivity index (χ3n) is 3.52. The van der Waals surface area contributed by atoms with E-state index in [2.05, 4.69) is 20.9 Å². The summed E-state index contributed by atoms with van der Waals surface area (Å²) in [5.74, 6) is -0.470. The quantitative estimate of drug-likeness (QED) is 0.863. The van der Waals surface area contributed by atoms with Gasteiger partial charge in [0.15, 0.2) is 5.82 Å². The van der Waals surface area contributed by atoms with Crippen LogP contribution >= 0.6 is 0 Å². The van der Waals surface area contributed by atoms with Crippen molar-refractivity contribution in [2.45, 2.75) is 25.6 Å². The molecule has 0 bridgehead atoms. The number of nitrogens with zero attached hydrogens (tertiary/aromatic N) is 3. The molecule has 2 aromatic rings. The fourth-order valence-electron chi connectivity index (χ4n) is 2.13. The summed E-state index contributed by atoms with van der Waals surface area (Å²) in [6.45, 7) is -0.247. The van der Waals surface area contributed by atoms with Gasteiger partial charge < -0.3 is 10.6 Å². The van der Waals surface area contributed by atoms with Gasteiger partial charge in [-0.1, -0.05) is 11.3 Å². The van der Waals surface area contributed by atoms with E-state index in [1.165, 1.54) is 23.0 Å². The number of hydrogen-bond acceptors (Lipinski definition) is 4. The molecule has 2 N–H and O–H groups in total. The summed E-state index contributed by atoms with van der Waals surface area (Å²) in [7, 11) is 0. The molecular formula is C15H14F3N5O2. The van der Waals surface area contributed by atoms with E-state index in [-0.39, 0.29) is 29.9 Å². The number of halogens is 3. The average Bonchev–Trinajstić information content (AvgIpc) is 3.29. The molecule has 1 aromatic heterocycles. The number of rotatable bonds is 5. The summed E-state index contributed by atoms with van der Waals surface area (Å²) < 4.78 is 39.1. The topological polar surface area (TPSA) is 88.9 Å². The van der Waals surface area contributed by atoms with Crippen molar-refractivity contribution in [3.05, 3.63) is 36.0 Å². The number of nitrogens with one attached hydrogen (secondary N) is 2. The number of carbonyl (C=O) groups excluding carboxylic acids is 2. The molecular weight excluding hydrogens is 339 g/mol. The number of amides is 2. The van der Waals surface area contributed by atoms with Crippen molar-refractivity contribution in [1.29, 1.82) is 0 Å². The van der Waals surface area contributed by atoms with Gasteiger partial charge in [-0.05, 0) is 31.0 Å². The van der Waals surface area contributed by atoms with E-state index >= 15 is 0 Å². The van der Waals surface area contributed by atoms with Crippen molar-refractivity contribution < 1.29 is 22.8 Å². The minimum atomic E-state index is -4.48. The second-order valence-electron chi connectivity index (χ2n) is 5.69.